The molecule has 3 heteroatoms. The van der Waals surface area contributed by atoms with Crippen LogP contribution in [0.1, 0.15) is 30.4 Å². The highest BCUT2D eigenvalue weighted by Crippen LogP contribution is 2.31. The molecular formula is C14H20BrNO. The Labute approximate surface area is 112 Å². The van der Waals surface area contributed by atoms with Crippen LogP contribution in [0.3, 0.4) is 0 Å². The van der Waals surface area contributed by atoms with Crippen LogP contribution < -0.4 is 10.1 Å². The average molecular weight is 298 g/mol. The van der Waals surface area contributed by atoms with Crippen molar-refractivity contribution in [2.24, 2.45) is 5.92 Å². The number of nitrogens with one attached hydrogen (secondary N) is 1. The molecule has 0 heterocycles. The molecule has 0 bridgehead atoms. The monoisotopic (exact) mass is 297 g/mol. The molecule has 1 aliphatic rings. The Kier molecular flexibility index (Phi) is 4.46. The summed E-state index contributed by atoms with van der Waals surface area (Å²) in [6.07, 6.45) is 4.03. The second-order valence-electron chi connectivity index (χ2n) is 4.85. The molecule has 94 valence electrons. The molecule has 0 aliphatic heterocycles. The fourth-order valence-corrected chi connectivity index (χ4v) is 2.81. The van der Waals surface area contributed by atoms with Crippen molar-refractivity contribution in [3.05, 3.63) is 27.7 Å². The van der Waals surface area contributed by atoms with Crippen LogP contribution in [0.15, 0.2) is 16.6 Å². The molecule has 1 aliphatic carbocycles. The lowest BCUT2D eigenvalue weighted by atomic mass is 9.86. The number of halogens is 1. The van der Waals surface area contributed by atoms with E-state index in [1.165, 1.54) is 30.4 Å². The predicted octanol–water partition coefficient (Wildman–Crippen LogP) is 3.66. The number of hydrogen-bond acceptors (Lipinski definition) is 2. The molecule has 17 heavy (non-hydrogen) atoms. The van der Waals surface area contributed by atoms with E-state index < -0.39 is 0 Å². The molecule has 0 atom stereocenters. The Hall–Kier alpha value is -0.540. The van der Waals surface area contributed by atoms with Gasteiger partial charge in [0.05, 0.1) is 6.61 Å². The summed E-state index contributed by atoms with van der Waals surface area (Å²) >= 11 is 3.54. The van der Waals surface area contributed by atoms with Gasteiger partial charge in [-0.1, -0.05) is 22.4 Å². The van der Waals surface area contributed by atoms with Gasteiger partial charge in [-0.3, -0.25) is 0 Å². The van der Waals surface area contributed by atoms with Crippen LogP contribution in [0.4, 0.5) is 0 Å². The van der Waals surface area contributed by atoms with Crippen LogP contribution in [-0.4, -0.2) is 13.7 Å². The van der Waals surface area contributed by atoms with E-state index in [9.17, 15) is 0 Å². The molecule has 0 radical (unpaired) electrons. The van der Waals surface area contributed by atoms with Gasteiger partial charge in [0.2, 0.25) is 0 Å². The van der Waals surface area contributed by atoms with Gasteiger partial charge in [-0.25, -0.2) is 0 Å². The van der Waals surface area contributed by atoms with Crippen LogP contribution in [0.5, 0.6) is 5.75 Å². The molecule has 0 spiro atoms. The number of benzene rings is 1. The summed E-state index contributed by atoms with van der Waals surface area (Å²) in [6, 6.07) is 4.26. The summed E-state index contributed by atoms with van der Waals surface area (Å²) in [5.74, 6) is 1.84. The zero-order valence-corrected chi connectivity index (χ0v) is 12.1. The third-order valence-electron chi connectivity index (χ3n) is 3.37. The second-order valence-corrected chi connectivity index (χ2v) is 5.76. The minimum atomic E-state index is 0.778. The zero-order chi connectivity index (χ0) is 12.3. The SMILES string of the molecule is CNCc1cc(Br)cc(C)c1OCC1CCC1. The Bertz CT molecular complexity index is 388. The standard InChI is InChI=1S/C14H20BrNO/c1-10-6-13(15)7-12(8-16-2)14(10)17-9-11-4-3-5-11/h6-7,11,16H,3-5,8-9H2,1-2H3. The van der Waals surface area contributed by atoms with Gasteiger partial charge in [-0.2, -0.15) is 0 Å². The second kappa shape index (κ2) is 5.87. The van der Waals surface area contributed by atoms with Gasteiger partial charge >= 0.3 is 0 Å². The molecule has 0 saturated heterocycles. The Morgan fingerprint density at radius 3 is 2.76 bits per heavy atom. The highest BCUT2D eigenvalue weighted by atomic mass is 79.9. The molecule has 2 rings (SSSR count). The van der Waals surface area contributed by atoms with Crippen molar-refractivity contribution in [3.63, 3.8) is 0 Å². The van der Waals surface area contributed by atoms with Crippen LogP contribution in [0, 0.1) is 12.8 Å². The first-order chi connectivity index (χ1) is 8.20. The van der Waals surface area contributed by atoms with Crippen LogP contribution in [-0.2, 0) is 6.54 Å². The maximum atomic E-state index is 6.02. The molecule has 1 fully saturated rings. The lowest BCUT2D eigenvalue weighted by Gasteiger charge is -2.26. The van der Waals surface area contributed by atoms with Crippen molar-refractivity contribution >= 4 is 15.9 Å². The van der Waals surface area contributed by atoms with Gasteiger partial charge in [-0.05, 0) is 50.4 Å². The van der Waals surface area contributed by atoms with Gasteiger partial charge in [0.15, 0.2) is 0 Å². The van der Waals surface area contributed by atoms with E-state index in [4.69, 9.17) is 4.74 Å². The summed E-state index contributed by atoms with van der Waals surface area (Å²) in [6.45, 7) is 3.83. The summed E-state index contributed by atoms with van der Waals surface area (Å²) in [4.78, 5) is 0. The molecule has 2 nitrogen and oxygen atoms in total. The van der Waals surface area contributed by atoms with E-state index in [0.717, 1.165) is 29.3 Å². The Morgan fingerprint density at radius 2 is 2.18 bits per heavy atom. The summed E-state index contributed by atoms with van der Waals surface area (Å²) in [5.41, 5.74) is 2.45. The molecule has 1 N–H and O–H groups in total. The number of hydrogen-bond donors (Lipinski definition) is 1. The summed E-state index contributed by atoms with van der Waals surface area (Å²) in [7, 11) is 1.96. The van der Waals surface area contributed by atoms with Gasteiger partial charge in [0.25, 0.3) is 0 Å². The van der Waals surface area contributed by atoms with Crippen LogP contribution >= 0.6 is 15.9 Å². The third kappa shape index (κ3) is 3.23. The Balaban J connectivity index is 2.11. The maximum Gasteiger partial charge on any atom is 0.126 e. The van der Waals surface area contributed by atoms with E-state index >= 15 is 0 Å². The predicted molar refractivity (Wildman–Crippen MR) is 74.5 cm³/mol. The van der Waals surface area contributed by atoms with E-state index in [2.05, 4.69) is 40.3 Å². The minimum Gasteiger partial charge on any atom is -0.493 e. The third-order valence-corrected chi connectivity index (χ3v) is 3.83. The minimum absolute atomic E-state index is 0.778. The average Bonchev–Trinajstić information content (AvgIpc) is 2.19. The first-order valence-corrected chi connectivity index (χ1v) is 7.06. The quantitative estimate of drug-likeness (QED) is 0.896. The summed E-state index contributed by atoms with van der Waals surface area (Å²) < 4.78 is 7.14. The van der Waals surface area contributed by atoms with Crippen molar-refractivity contribution in [1.29, 1.82) is 0 Å². The van der Waals surface area contributed by atoms with Crippen molar-refractivity contribution in [1.82, 2.24) is 5.32 Å². The first kappa shape index (κ1) is 12.9. The molecule has 0 amide bonds. The van der Waals surface area contributed by atoms with Crippen molar-refractivity contribution < 1.29 is 4.74 Å². The lowest BCUT2D eigenvalue weighted by molar-refractivity contribution is 0.178. The Morgan fingerprint density at radius 1 is 1.41 bits per heavy atom. The van der Waals surface area contributed by atoms with Crippen LogP contribution in [0.25, 0.3) is 0 Å². The number of rotatable bonds is 5. The number of aryl methyl sites for hydroxylation is 1. The van der Waals surface area contributed by atoms with Crippen molar-refractivity contribution in [2.45, 2.75) is 32.7 Å². The normalized spacial score (nSPS) is 15.7. The van der Waals surface area contributed by atoms with Crippen LogP contribution in [0.2, 0.25) is 0 Å². The lowest BCUT2D eigenvalue weighted by Crippen LogP contribution is -2.20. The highest BCUT2D eigenvalue weighted by molar-refractivity contribution is 9.10. The molecule has 0 aromatic heterocycles. The summed E-state index contributed by atoms with van der Waals surface area (Å²) in [5, 5.41) is 3.19. The smallest absolute Gasteiger partial charge is 0.126 e. The fourth-order valence-electron chi connectivity index (χ4n) is 2.19. The topological polar surface area (TPSA) is 21.3 Å². The van der Waals surface area contributed by atoms with Gasteiger partial charge in [-0.15, -0.1) is 0 Å². The van der Waals surface area contributed by atoms with E-state index in [-0.39, 0.29) is 0 Å². The van der Waals surface area contributed by atoms with E-state index in [1.54, 1.807) is 0 Å². The maximum absolute atomic E-state index is 6.02. The van der Waals surface area contributed by atoms with E-state index in [0.29, 0.717) is 0 Å². The molecule has 1 aromatic carbocycles. The van der Waals surface area contributed by atoms with Gasteiger partial charge in [0.1, 0.15) is 5.75 Å². The fraction of sp³-hybridized carbons (Fsp3) is 0.571. The van der Waals surface area contributed by atoms with Crippen molar-refractivity contribution in [3.8, 4) is 5.75 Å². The highest BCUT2D eigenvalue weighted by Gasteiger charge is 2.19. The largest absolute Gasteiger partial charge is 0.493 e. The zero-order valence-electron chi connectivity index (χ0n) is 10.6. The molecule has 0 unspecified atom stereocenters. The first-order valence-electron chi connectivity index (χ1n) is 6.27. The molecular weight excluding hydrogens is 278 g/mol. The molecule has 1 aromatic rings. The van der Waals surface area contributed by atoms with Gasteiger partial charge < -0.3 is 10.1 Å². The van der Waals surface area contributed by atoms with Crippen molar-refractivity contribution in [2.75, 3.05) is 13.7 Å². The molecule has 1 saturated carbocycles. The number of ether oxygens (including phenoxy) is 1. The van der Waals surface area contributed by atoms with E-state index in [1.807, 2.05) is 7.05 Å². The van der Waals surface area contributed by atoms with Gasteiger partial charge in [0, 0.05) is 16.6 Å².